The monoisotopic (exact) mass is 474 g/mol. The van der Waals surface area contributed by atoms with Gasteiger partial charge in [-0.25, -0.2) is 0 Å². The van der Waals surface area contributed by atoms with Crippen LogP contribution in [0.25, 0.3) is 0 Å². The molecule has 26 heavy (non-hydrogen) atoms. The van der Waals surface area contributed by atoms with E-state index in [9.17, 15) is 0 Å². The molecule has 0 amide bonds. The second-order valence-electron chi connectivity index (χ2n) is 6.84. The van der Waals surface area contributed by atoms with E-state index in [0.29, 0.717) is 5.92 Å². The van der Waals surface area contributed by atoms with Crippen LogP contribution in [0.5, 0.6) is 0 Å². The third kappa shape index (κ3) is 8.68. The van der Waals surface area contributed by atoms with Crippen LogP contribution in [0, 0.1) is 5.92 Å². The molecule has 0 radical (unpaired) electrons. The lowest BCUT2D eigenvalue weighted by Gasteiger charge is -2.15. The van der Waals surface area contributed by atoms with Gasteiger partial charge in [-0.1, -0.05) is 30.3 Å². The Morgan fingerprint density at radius 2 is 2.08 bits per heavy atom. The summed E-state index contributed by atoms with van der Waals surface area (Å²) >= 11 is 0. The predicted octanol–water partition coefficient (Wildman–Crippen LogP) is 3.28. The quantitative estimate of drug-likeness (QED) is 0.250. The molecule has 6 heteroatoms. The highest BCUT2D eigenvalue weighted by molar-refractivity contribution is 14.0. The van der Waals surface area contributed by atoms with Crippen molar-refractivity contribution in [1.29, 1.82) is 0 Å². The molecule has 148 valence electrons. The van der Waals surface area contributed by atoms with Crippen LogP contribution in [-0.4, -0.2) is 57.2 Å². The number of rotatable bonds is 9. The molecule has 1 aliphatic rings. The van der Waals surface area contributed by atoms with Crippen molar-refractivity contribution >= 4 is 29.9 Å². The highest BCUT2D eigenvalue weighted by Gasteiger charge is 2.18. The molecule has 0 aromatic heterocycles. The van der Waals surface area contributed by atoms with Gasteiger partial charge in [-0.2, -0.15) is 0 Å². The Balaban J connectivity index is 0.00000338. The van der Waals surface area contributed by atoms with Gasteiger partial charge < -0.3 is 20.3 Å². The Hall–Kier alpha value is -0.860. The van der Waals surface area contributed by atoms with Crippen LogP contribution < -0.4 is 10.6 Å². The summed E-state index contributed by atoms with van der Waals surface area (Å²) in [6.45, 7) is 9.97. The Morgan fingerprint density at radius 3 is 2.73 bits per heavy atom. The summed E-state index contributed by atoms with van der Waals surface area (Å²) in [6, 6.07) is 10.4. The molecule has 2 rings (SSSR count). The summed E-state index contributed by atoms with van der Waals surface area (Å²) in [7, 11) is 2.18. The predicted molar refractivity (Wildman–Crippen MR) is 120 cm³/mol. The molecule has 0 spiro atoms. The maximum atomic E-state index is 5.92. The first-order chi connectivity index (χ1) is 12.2. The third-order valence-corrected chi connectivity index (χ3v) is 4.59. The van der Waals surface area contributed by atoms with Crippen LogP contribution in [0.1, 0.15) is 38.4 Å². The van der Waals surface area contributed by atoms with Crippen molar-refractivity contribution in [2.75, 3.05) is 46.4 Å². The van der Waals surface area contributed by atoms with Crippen molar-refractivity contribution in [2.45, 2.75) is 32.8 Å². The van der Waals surface area contributed by atoms with E-state index in [1.165, 1.54) is 18.5 Å². The van der Waals surface area contributed by atoms with E-state index in [1.807, 2.05) is 6.07 Å². The van der Waals surface area contributed by atoms with Crippen molar-refractivity contribution in [3.63, 3.8) is 0 Å². The molecule has 1 aromatic carbocycles. The van der Waals surface area contributed by atoms with E-state index in [2.05, 4.69) is 60.7 Å². The van der Waals surface area contributed by atoms with Gasteiger partial charge in [0.1, 0.15) is 0 Å². The molecule has 5 nitrogen and oxygen atoms in total. The zero-order chi connectivity index (χ0) is 17.9. The van der Waals surface area contributed by atoms with Crippen LogP contribution in [0.15, 0.2) is 35.3 Å². The second kappa shape index (κ2) is 13.3. The van der Waals surface area contributed by atoms with E-state index in [4.69, 9.17) is 9.73 Å². The number of ether oxygens (including phenoxy) is 1. The van der Waals surface area contributed by atoms with Crippen LogP contribution >= 0.6 is 24.0 Å². The van der Waals surface area contributed by atoms with Crippen molar-refractivity contribution in [3.8, 4) is 0 Å². The van der Waals surface area contributed by atoms with Gasteiger partial charge in [-0.15, -0.1) is 24.0 Å². The summed E-state index contributed by atoms with van der Waals surface area (Å²) in [5.41, 5.74) is 1.23. The van der Waals surface area contributed by atoms with Gasteiger partial charge in [0.25, 0.3) is 0 Å². The van der Waals surface area contributed by atoms with Crippen molar-refractivity contribution in [3.05, 3.63) is 35.9 Å². The summed E-state index contributed by atoms with van der Waals surface area (Å²) in [6.07, 6.45) is 2.36. The SMILES string of the molecule is CCNC(=NCC1CCN(C)C1)NCCCOC(C)c1ccccc1.I. The largest absolute Gasteiger partial charge is 0.374 e. The number of likely N-dealkylation sites (tertiary alicyclic amines) is 1. The molecule has 0 bridgehead atoms. The average molecular weight is 474 g/mol. The highest BCUT2D eigenvalue weighted by Crippen LogP contribution is 2.16. The first kappa shape index (κ1) is 23.2. The number of aliphatic imine (C=N–C) groups is 1. The molecular weight excluding hydrogens is 439 g/mol. The summed E-state index contributed by atoms with van der Waals surface area (Å²) in [5, 5.41) is 6.74. The minimum atomic E-state index is 0. The van der Waals surface area contributed by atoms with E-state index in [1.54, 1.807) is 0 Å². The summed E-state index contributed by atoms with van der Waals surface area (Å²) in [5.74, 6) is 1.61. The van der Waals surface area contributed by atoms with Crippen molar-refractivity contribution in [1.82, 2.24) is 15.5 Å². The van der Waals surface area contributed by atoms with E-state index in [0.717, 1.165) is 45.2 Å². The first-order valence-electron chi connectivity index (χ1n) is 9.56. The average Bonchev–Trinajstić information content (AvgIpc) is 3.05. The molecule has 1 aliphatic heterocycles. The minimum Gasteiger partial charge on any atom is -0.374 e. The number of guanidine groups is 1. The van der Waals surface area contributed by atoms with Gasteiger partial charge in [0.2, 0.25) is 0 Å². The molecule has 1 aromatic rings. The normalized spacial score (nSPS) is 19.0. The molecule has 2 atom stereocenters. The van der Waals surface area contributed by atoms with Gasteiger partial charge in [-0.3, -0.25) is 4.99 Å². The van der Waals surface area contributed by atoms with Crippen LogP contribution in [0.4, 0.5) is 0 Å². The molecule has 2 unspecified atom stereocenters. The maximum absolute atomic E-state index is 5.92. The first-order valence-corrected chi connectivity index (χ1v) is 9.56. The minimum absolute atomic E-state index is 0. The number of hydrogen-bond acceptors (Lipinski definition) is 3. The number of nitrogens with zero attached hydrogens (tertiary/aromatic N) is 2. The zero-order valence-electron chi connectivity index (χ0n) is 16.4. The summed E-state index contributed by atoms with van der Waals surface area (Å²) in [4.78, 5) is 7.12. The standard InChI is InChI=1S/C20H34N4O.HI/c1-4-21-20(23-15-18-11-13-24(3)16-18)22-12-8-14-25-17(2)19-9-6-5-7-10-19;/h5-7,9-10,17-18H,4,8,11-16H2,1-3H3,(H2,21,22,23);1H. The van der Waals surface area contributed by atoms with E-state index in [-0.39, 0.29) is 30.1 Å². The Labute approximate surface area is 176 Å². The van der Waals surface area contributed by atoms with Gasteiger partial charge >= 0.3 is 0 Å². The van der Waals surface area contributed by atoms with Crippen molar-refractivity contribution < 1.29 is 4.74 Å². The Bertz CT molecular complexity index is 512. The fourth-order valence-electron chi connectivity index (χ4n) is 3.10. The van der Waals surface area contributed by atoms with Crippen LogP contribution in [0.3, 0.4) is 0 Å². The number of nitrogens with one attached hydrogen (secondary N) is 2. The van der Waals surface area contributed by atoms with Crippen LogP contribution in [-0.2, 0) is 4.74 Å². The molecule has 0 aliphatic carbocycles. The number of benzene rings is 1. The molecular formula is C20H35IN4O. The highest BCUT2D eigenvalue weighted by atomic mass is 127. The molecule has 1 fully saturated rings. The lowest BCUT2D eigenvalue weighted by molar-refractivity contribution is 0.0646. The van der Waals surface area contributed by atoms with Gasteiger partial charge in [-0.05, 0) is 51.8 Å². The fourth-order valence-corrected chi connectivity index (χ4v) is 3.10. The van der Waals surface area contributed by atoms with E-state index >= 15 is 0 Å². The summed E-state index contributed by atoms with van der Waals surface area (Å²) < 4.78 is 5.92. The fraction of sp³-hybridized carbons (Fsp3) is 0.650. The maximum Gasteiger partial charge on any atom is 0.191 e. The van der Waals surface area contributed by atoms with E-state index < -0.39 is 0 Å². The third-order valence-electron chi connectivity index (χ3n) is 4.59. The number of halogens is 1. The van der Waals surface area contributed by atoms with Gasteiger partial charge in [0.15, 0.2) is 5.96 Å². The lowest BCUT2D eigenvalue weighted by atomic mass is 10.1. The van der Waals surface area contributed by atoms with Gasteiger partial charge in [0.05, 0.1) is 6.10 Å². The molecule has 0 saturated carbocycles. The smallest absolute Gasteiger partial charge is 0.191 e. The van der Waals surface area contributed by atoms with Gasteiger partial charge in [0, 0.05) is 32.8 Å². The molecule has 1 heterocycles. The Kier molecular flexibility index (Phi) is 11.9. The Morgan fingerprint density at radius 1 is 1.31 bits per heavy atom. The van der Waals surface area contributed by atoms with Crippen LogP contribution in [0.2, 0.25) is 0 Å². The number of hydrogen-bond donors (Lipinski definition) is 2. The topological polar surface area (TPSA) is 48.9 Å². The molecule has 1 saturated heterocycles. The molecule has 2 N–H and O–H groups in total. The second-order valence-corrected chi connectivity index (χ2v) is 6.84. The zero-order valence-corrected chi connectivity index (χ0v) is 18.7. The van der Waals surface area contributed by atoms with Crippen molar-refractivity contribution in [2.24, 2.45) is 10.9 Å². The lowest BCUT2D eigenvalue weighted by Crippen LogP contribution is -2.38.